The molecule has 0 rings (SSSR count). The van der Waals surface area contributed by atoms with Gasteiger partial charge in [0.05, 0.1) is 6.61 Å². The molecule has 0 aromatic rings. The summed E-state index contributed by atoms with van der Waals surface area (Å²) in [4.78, 5) is 0. The Bertz CT molecular complexity index is 85.6. The Morgan fingerprint density at radius 1 is 1.27 bits per heavy atom. The molecule has 0 saturated carbocycles. The topological polar surface area (TPSA) is 21.3 Å². The van der Waals surface area contributed by atoms with Crippen LogP contribution in [-0.4, -0.2) is 25.8 Å². The maximum atomic E-state index is 5.32. The summed E-state index contributed by atoms with van der Waals surface area (Å²) in [6, 6.07) is 0.562. The standard InChI is InChI=1S/C9H21NO/c1-5-10-9(4)8(3)7-11-6-2/h8-10H,5-7H2,1-4H3. The zero-order chi connectivity index (χ0) is 8.69. The van der Waals surface area contributed by atoms with E-state index < -0.39 is 0 Å². The SMILES string of the molecule is CCNC(C)C(C)COCC. The normalized spacial score (nSPS) is 16.4. The van der Waals surface area contributed by atoms with Crippen molar-refractivity contribution in [1.82, 2.24) is 5.32 Å². The van der Waals surface area contributed by atoms with Crippen molar-refractivity contribution >= 4 is 0 Å². The van der Waals surface area contributed by atoms with Crippen molar-refractivity contribution in [2.45, 2.75) is 33.7 Å². The highest BCUT2D eigenvalue weighted by Gasteiger charge is 2.09. The molecule has 11 heavy (non-hydrogen) atoms. The zero-order valence-corrected chi connectivity index (χ0v) is 8.18. The number of hydrogen-bond acceptors (Lipinski definition) is 2. The van der Waals surface area contributed by atoms with E-state index in [1.165, 1.54) is 0 Å². The Morgan fingerprint density at radius 3 is 2.36 bits per heavy atom. The first-order valence-electron chi connectivity index (χ1n) is 4.53. The van der Waals surface area contributed by atoms with Crippen LogP contribution >= 0.6 is 0 Å². The first-order valence-corrected chi connectivity index (χ1v) is 4.53. The lowest BCUT2D eigenvalue weighted by molar-refractivity contribution is 0.104. The molecule has 2 atom stereocenters. The van der Waals surface area contributed by atoms with Gasteiger partial charge in [-0.05, 0) is 26.3 Å². The fraction of sp³-hybridized carbons (Fsp3) is 1.00. The Labute approximate surface area is 70.3 Å². The molecule has 0 aromatic heterocycles. The maximum Gasteiger partial charge on any atom is 0.0506 e. The molecule has 0 amide bonds. The van der Waals surface area contributed by atoms with E-state index >= 15 is 0 Å². The van der Waals surface area contributed by atoms with E-state index in [0.717, 1.165) is 19.8 Å². The van der Waals surface area contributed by atoms with E-state index in [2.05, 4.69) is 26.1 Å². The minimum atomic E-state index is 0.562. The molecule has 1 N–H and O–H groups in total. The Morgan fingerprint density at radius 2 is 1.91 bits per heavy atom. The molecule has 0 bridgehead atoms. The molecule has 0 aliphatic carbocycles. The van der Waals surface area contributed by atoms with Gasteiger partial charge in [0, 0.05) is 12.6 Å². The van der Waals surface area contributed by atoms with Gasteiger partial charge in [0.1, 0.15) is 0 Å². The minimum Gasteiger partial charge on any atom is -0.381 e. The van der Waals surface area contributed by atoms with Gasteiger partial charge < -0.3 is 10.1 Å². The molecule has 2 nitrogen and oxygen atoms in total. The highest BCUT2D eigenvalue weighted by molar-refractivity contribution is 4.66. The maximum absolute atomic E-state index is 5.32. The van der Waals surface area contributed by atoms with E-state index in [1.54, 1.807) is 0 Å². The second-order valence-electron chi connectivity index (χ2n) is 2.98. The van der Waals surface area contributed by atoms with Crippen molar-refractivity contribution in [3.05, 3.63) is 0 Å². The van der Waals surface area contributed by atoms with Crippen LogP contribution in [0.3, 0.4) is 0 Å². The summed E-state index contributed by atoms with van der Waals surface area (Å²) in [5.74, 6) is 0.606. The summed E-state index contributed by atoms with van der Waals surface area (Å²) in [6.07, 6.45) is 0. The van der Waals surface area contributed by atoms with Gasteiger partial charge in [-0.2, -0.15) is 0 Å². The molecule has 2 unspecified atom stereocenters. The summed E-state index contributed by atoms with van der Waals surface area (Å²) in [5, 5.41) is 3.37. The van der Waals surface area contributed by atoms with Crippen molar-refractivity contribution in [2.24, 2.45) is 5.92 Å². The lowest BCUT2D eigenvalue weighted by Gasteiger charge is -2.19. The van der Waals surface area contributed by atoms with Gasteiger partial charge in [-0.3, -0.25) is 0 Å². The van der Waals surface area contributed by atoms with Crippen molar-refractivity contribution in [1.29, 1.82) is 0 Å². The summed E-state index contributed by atoms with van der Waals surface area (Å²) in [7, 11) is 0. The van der Waals surface area contributed by atoms with Crippen LogP contribution in [0.25, 0.3) is 0 Å². The second-order valence-corrected chi connectivity index (χ2v) is 2.98. The van der Waals surface area contributed by atoms with Gasteiger partial charge in [0.2, 0.25) is 0 Å². The van der Waals surface area contributed by atoms with Crippen molar-refractivity contribution in [3.63, 3.8) is 0 Å². The van der Waals surface area contributed by atoms with Gasteiger partial charge in [-0.25, -0.2) is 0 Å². The molecule has 0 aromatic carbocycles. The molecular formula is C9H21NO. The van der Waals surface area contributed by atoms with E-state index in [9.17, 15) is 0 Å². The monoisotopic (exact) mass is 159 g/mol. The quantitative estimate of drug-likeness (QED) is 0.636. The molecule has 0 heterocycles. The lowest BCUT2D eigenvalue weighted by Crippen LogP contribution is -2.34. The fourth-order valence-electron chi connectivity index (χ4n) is 0.971. The molecule has 0 saturated heterocycles. The summed E-state index contributed by atoms with van der Waals surface area (Å²) < 4.78 is 5.32. The number of rotatable bonds is 6. The van der Waals surface area contributed by atoms with Gasteiger partial charge in [-0.1, -0.05) is 13.8 Å². The van der Waals surface area contributed by atoms with Crippen molar-refractivity contribution < 1.29 is 4.74 Å². The molecule has 2 heteroatoms. The fourth-order valence-corrected chi connectivity index (χ4v) is 0.971. The predicted molar refractivity (Wildman–Crippen MR) is 48.8 cm³/mol. The Balaban J connectivity index is 3.38. The van der Waals surface area contributed by atoms with Crippen molar-refractivity contribution in [2.75, 3.05) is 19.8 Å². The summed E-state index contributed by atoms with van der Waals surface area (Å²) >= 11 is 0. The van der Waals surface area contributed by atoms with Gasteiger partial charge in [0.15, 0.2) is 0 Å². The lowest BCUT2D eigenvalue weighted by atomic mass is 10.1. The molecule has 0 fully saturated rings. The third kappa shape index (κ3) is 5.22. The highest BCUT2D eigenvalue weighted by atomic mass is 16.5. The number of hydrogen-bond donors (Lipinski definition) is 1. The van der Waals surface area contributed by atoms with E-state index in [1.807, 2.05) is 6.92 Å². The zero-order valence-electron chi connectivity index (χ0n) is 8.18. The second kappa shape index (κ2) is 6.62. The molecule has 0 radical (unpaired) electrons. The Hall–Kier alpha value is -0.0800. The summed E-state index contributed by atoms with van der Waals surface area (Å²) in [5.41, 5.74) is 0. The van der Waals surface area contributed by atoms with E-state index in [-0.39, 0.29) is 0 Å². The minimum absolute atomic E-state index is 0.562. The van der Waals surface area contributed by atoms with E-state index in [4.69, 9.17) is 4.74 Å². The van der Waals surface area contributed by atoms with Crippen LogP contribution in [0.4, 0.5) is 0 Å². The summed E-state index contributed by atoms with van der Waals surface area (Å²) in [6.45, 7) is 11.3. The molecule has 0 aliphatic heterocycles. The molecule has 0 aliphatic rings. The number of ether oxygens (including phenoxy) is 1. The van der Waals surface area contributed by atoms with Gasteiger partial charge in [-0.15, -0.1) is 0 Å². The largest absolute Gasteiger partial charge is 0.381 e. The van der Waals surface area contributed by atoms with Crippen LogP contribution in [0.1, 0.15) is 27.7 Å². The Kier molecular flexibility index (Phi) is 6.57. The van der Waals surface area contributed by atoms with Crippen LogP contribution in [0.5, 0.6) is 0 Å². The third-order valence-electron chi connectivity index (χ3n) is 1.96. The third-order valence-corrected chi connectivity index (χ3v) is 1.96. The van der Waals surface area contributed by atoms with Crippen LogP contribution in [0.2, 0.25) is 0 Å². The van der Waals surface area contributed by atoms with Crippen LogP contribution in [0, 0.1) is 5.92 Å². The predicted octanol–water partition coefficient (Wildman–Crippen LogP) is 1.66. The molecule has 68 valence electrons. The highest BCUT2D eigenvalue weighted by Crippen LogP contribution is 2.02. The van der Waals surface area contributed by atoms with Crippen LogP contribution < -0.4 is 5.32 Å². The first-order chi connectivity index (χ1) is 5.22. The average molecular weight is 159 g/mol. The molecule has 0 spiro atoms. The number of nitrogens with one attached hydrogen (secondary N) is 1. The van der Waals surface area contributed by atoms with Gasteiger partial charge in [0.25, 0.3) is 0 Å². The van der Waals surface area contributed by atoms with Crippen LogP contribution in [0.15, 0.2) is 0 Å². The average Bonchev–Trinajstić information content (AvgIpc) is 2.00. The molecular weight excluding hydrogens is 138 g/mol. The van der Waals surface area contributed by atoms with Crippen molar-refractivity contribution in [3.8, 4) is 0 Å². The first kappa shape index (κ1) is 10.9. The smallest absolute Gasteiger partial charge is 0.0506 e. The van der Waals surface area contributed by atoms with Gasteiger partial charge >= 0.3 is 0 Å². The van der Waals surface area contributed by atoms with E-state index in [0.29, 0.717) is 12.0 Å². The van der Waals surface area contributed by atoms with Crippen LogP contribution in [-0.2, 0) is 4.74 Å².